The number of amides is 2. The molecule has 1 saturated carbocycles. The van der Waals surface area contributed by atoms with E-state index in [4.69, 9.17) is 63.0 Å². The van der Waals surface area contributed by atoms with E-state index in [0.717, 1.165) is 48.6 Å². The highest BCUT2D eigenvalue weighted by molar-refractivity contribution is 6.40. The zero-order valence-corrected chi connectivity index (χ0v) is 39.5. The Morgan fingerprint density at radius 3 is 1.79 bits per heavy atom. The molecule has 1 fully saturated rings. The van der Waals surface area contributed by atoms with Gasteiger partial charge in [-0.15, -0.1) is 0 Å². The number of aryl methyl sites for hydroxylation is 4. The first kappa shape index (κ1) is 44.9. The van der Waals surface area contributed by atoms with Gasteiger partial charge in [-0.05, 0) is 85.0 Å². The number of nitrogens with one attached hydrogen (secondary N) is 5. The van der Waals surface area contributed by atoms with Crippen molar-refractivity contribution < 1.29 is 4.79 Å². The van der Waals surface area contributed by atoms with Crippen LogP contribution in [0, 0.1) is 20.4 Å². The highest BCUT2D eigenvalue weighted by Crippen LogP contribution is 2.38. The maximum atomic E-state index is 14.4. The van der Waals surface area contributed by atoms with Gasteiger partial charge in [0.05, 0.1) is 70.3 Å². The van der Waals surface area contributed by atoms with Gasteiger partial charge in [-0.2, -0.15) is 0 Å². The maximum absolute atomic E-state index is 14.4. The molecule has 1 aliphatic rings. The van der Waals surface area contributed by atoms with Crippen LogP contribution in [0.5, 0.6) is 0 Å². The van der Waals surface area contributed by atoms with Crippen LogP contribution in [0.4, 0.5) is 28.1 Å². The number of imidazole rings is 2. The Bertz CT molecular complexity index is 3380. The normalized spacial score (nSPS) is 13.9. The molecule has 4 aromatic heterocycles. The molecule has 1 unspecified atom stereocenters. The van der Waals surface area contributed by atoms with E-state index in [1.54, 1.807) is 58.1 Å². The van der Waals surface area contributed by atoms with Gasteiger partial charge in [-0.1, -0.05) is 109 Å². The molecule has 5 N–H and O–H groups in total. The van der Waals surface area contributed by atoms with Crippen molar-refractivity contribution in [1.82, 2.24) is 39.3 Å². The van der Waals surface area contributed by atoms with Crippen LogP contribution in [-0.4, -0.2) is 46.0 Å². The number of aromatic amines is 2. The zero-order chi connectivity index (χ0) is 46.6. The Hall–Kier alpha value is -6.25. The lowest BCUT2D eigenvalue weighted by atomic mass is 9.91. The SMILES string of the molecule is [CH]=CC(c1[nH]c(=O)c2c(ccc3nc(Nc4c(Cl)cccc4Cl)n(C)c32)c1C)N(C(=O)NC=CCc1[nH]c(=O)c2c(ccc3nc(Nc4c(Cl)cccc4Cl)n(C)c32)c1C)C1CCCCC1. The molecule has 4 heterocycles. The fourth-order valence-corrected chi connectivity index (χ4v) is 10.3. The number of allylic oxidation sites excluding steroid dienone is 1. The Balaban J connectivity index is 0.990. The third-order valence-corrected chi connectivity index (χ3v) is 14.0. The minimum absolute atomic E-state index is 0.138. The van der Waals surface area contributed by atoms with Crippen LogP contribution in [0.1, 0.15) is 60.7 Å². The van der Waals surface area contributed by atoms with Crippen molar-refractivity contribution in [2.45, 2.75) is 64.5 Å². The number of rotatable bonds is 11. The molecule has 17 heteroatoms. The van der Waals surface area contributed by atoms with E-state index >= 15 is 0 Å². The van der Waals surface area contributed by atoms with E-state index in [-0.39, 0.29) is 23.2 Å². The minimum atomic E-state index is -0.763. The number of urea groups is 1. The van der Waals surface area contributed by atoms with E-state index in [1.807, 2.05) is 56.8 Å². The third kappa shape index (κ3) is 7.97. The molecule has 8 aromatic rings. The molecule has 2 amide bonds. The van der Waals surface area contributed by atoms with E-state index in [1.165, 1.54) is 6.08 Å². The van der Waals surface area contributed by atoms with Gasteiger partial charge >= 0.3 is 6.03 Å². The van der Waals surface area contributed by atoms with Gasteiger partial charge in [0.1, 0.15) is 0 Å². The largest absolute Gasteiger partial charge is 0.325 e. The number of pyridine rings is 2. The van der Waals surface area contributed by atoms with Gasteiger partial charge in [-0.3, -0.25) is 9.59 Å². The number of nitrogens with zero attached hydrogens (tertiary/aromatic N) is 5. The van der Waals surface area contributed by atoms with E-state index in [2.05, 4.69) is 25.9 Å². The minimum Gasteiger partial charge on any atom is -0.325 e. The summed E-state index contributed by atoms with van der Waals surface area (Å²) >= 11 is 25.8. The fourth-order valence-electron chi connectivity index (χ4n) is 9.34. The predicted molar refractivity (Wildman–Crippen MR) is 268 cm³/mol. The number of fused-ring (bicyclic) bond motifs is 6. The van der Waals surface area contributed by atoms with Crippen LogP contribution in [0.2, 0.25) is 20.1 Å². The average molecular weight is 964 g/mol. The first-order chi connectivity index (χ1) is 31.8. The molecule has 4 aromatic carbocycles. The zero-order valence-electron chi connectivity index (χ0n) is 36.5. The molecule has 1 aliphatic carbocycles. The molecule has 66 heavy (non-hydrogen) atoms. The van der Waals surface area contributed by atoms with Crippen molar-refractivity contribution in [3.8, 4) is 0 Å². The number of H-pyrrole nitrogens is 2. The molecule has 1 radical (unpaired) electrons. The summed E-state index contributed by atoms with van der Waals surface area (Å²) in [5, 5.41) is 13.6. The Labute approximate surface area is 399 Å². The fraction of sp³-hybridized carbons (Fsp3) is 0.245. The highest BCUT2D eigenvalue weighted by atomic mass is 35.5. The van der Waals surface area contributed by atoms with Crippen molar-refractivity contribution in [1.29, 1.82) is 0 Å². The van der Waals surface area contributed by atoms with Crippen molar-refractivity contribution in [3.63, 3.8) is 0 Å². The van der Waals surface area contributed by atoms with Crippen LogP contribution in [0.25, 0.3) is 43.6 Å². The van der Waals surface area contributed by atoms with Crippen LogP contribution in [-0.2, 0) is 20.5 Å². The standard InChI is InChI=1S/C49H45Cl4N10O3/c1-6-37(40-26(3)29-21-23-36-44(39(29)46(65)58-40)62(5)48(57-36)60-42-32(52)17-11-18-33(42)53)63(27-13-8-7-9-14-27)49(66)54-24-12-19-34-25(2)28-20-22-35-43(38(28)45(64)55-34)61(4)47(56-35)59-41-30(50)15-10-16-31(41)51/h1,6,10-12,15-18,20-24,27,37H,7-9,13-14,19H2,2-5H3,(H,54,66)(H,55,64)(H,56,59)(H,57,60)(H,58,65). The summed E-state index contributed by atoms with van der Waals surface area (Å²) in [7, 11) is 3.64. The van der Waals surface area contributed by atoms with E-state index < -0.39 is 6.04 Å². The number of benzene rings is 4. The second kappa shape index (κ2) is 18.2. The number of aromatic nitrogens is 6. The average Bonchev–Trinajstić information content (AvgIpc) is 3.80. The summed E-state index contributed by atoms with van der Waals surface area (Å²) in [4.78, 5) is 59.9. The van der Waals surface area contributed by atoms with Gasteiger partial charge in [0.15, 0.2) is 0 Å². The summed E-state index contributed by atoms with van der Waals surface area (Å²) in [6.45, 7) is 10.3. The molecule has 9 rings (SSSR count). The number of para-hydroxylation sites is 2. The molecule has 0 bridgehead atoms. The monoisotopic (exact) mass is 961 g/mol. The second-order valence-corrected chi connectivity index (χ2v) is 18.2. The summed E-state index contributed by atoms with van der Waals surface area (Å²) in [6.07, 6.45) is 9.73. The molecule has 13 nitrogen and oxygen atoms in total. The Kier molecular flexibility index (Phi) is 12.4. The van der Waals surface area contributed by atoms with Gasteiger partial charge in [0.2, 0.25) is 11.9 Å². The first-order valence-electron chi connectivity index (χ1n) is 21.5. The second-order valence-electron chi connectivity index (χ2n) is 16.6. The number of carbonyl (C=O) groups excluding carboxylic acids is 1. The van der Waals surface area contributed by atoms with Gasteiger partial charge in [-0.25, -0.2) is 14.8 Å². The van der Waals surface area contributed by atoms with Crippen molar-refractivity contribution in [3.05, 3.63) is 149 Å². The van der Waals surface area contributed by atoms with Gasteiger partial charge < -0.3 is 40.0 Å². The summed E-state index contributed by atoms with van der Waals surface area (Å²) < 4.78 is 3.61. The predicted octanol–water partition coefficient (Wildman–Crippen LogP) is 12.0. The number of carbonyl (C=O) groups is 1. The summed E-state index contributed by atoms with van der Waals surface area (Å²) in [5.41, 5.74) is 5.76. The van der Waals surface area contributed by atoms with Crippen molar-refractivity contribution >= 4 is 119 Å². The van der Waals surface area contributed by atoms with Crippen LogP contribution in [0.3, 0.4) is 0 Å². The first-order valence-corrected chi connectivity index (χ1v) is 23.0. The number of halogens is 4. The van der Waals surface area contributed by atoms with Gasteiger partial charge in [0.25, 0.3) is 11.1 Å². The van der Waals surface area contributed by atoms with Crippen LogP contribution < -0.4 is 27.1 Å². The summed E-state index contributed by atoms with van der Waals surface area (Å²) in [6, 6.07) is 16.7. The Morgan fingerprint density at radius 1 is 0.773 bits per heavy atom. The highest BCUT2D eigenvalue weighted by Gasteiger charge is 2.33. The molecule has 0 saturated heterocycles. The number of anilines is 4. The maximum Gasteiger partial charge on any atom is 0.322 e. The lowest BCUT2D eigenvalue weighted by Crippen LogP contribution is -2.47. The van der Waals surface area contributed by atoms with Gasteiger partial charge in [0, 0.05) is 44.1 Å². The number of hydrogen-bond acceptors (Lipinski definition) is 7. The van der Waals surface area contributed by atoms with Crippen LogP contribution >= 0.6 is 46.4 Å². The van der Waals surface area contributed by atoms with Crippen LogP contribution in [0.15, 0.2) is 88.6 Å². The molecule has 0 spiro atoms. The molecular formula is C49H45Cl4N10O3. The van der Waals surface area contributed by atoms with E-state index in [9.17, 15) is 14.4 Å². The topological polar surface area (TPSA) is 158 Å². The molecule has 337 valence electrons. The summed E-state index contributed by atoms with van der Waals surface area (Å²) in [5.74, 6) is 0.924. The third-order valence-electron chi connectivity index (χ3n) is 12.7. The van der Waals surface area contributed by atoms with Crippen molar-refractivity contribution in [2.24, 2.45) is 14.1 Å². The molecular weight excluding hydrogens is 918 g/mol. The quantitative estimate of drug-likeness (QED) is 0.0863. The van der Waals surface area contributed by atoms with Crippen molar-refractivity contribution in [2.75, 3.05) is 10.6 Å². The lowest BCUT2D eigenvalue weighted by molar-refractivity contribution is 0.139. The Morgan fingerprint density at radius 2 is 1.27 bits per heavy atom. The number of hydrogen-bond donors (Lipinski definition) is 5. The lowest BCUT2D eigenvalue weighted by Gasteiger charge is -2.39. The smallest absolute Gasteiger partial charge is 0.322 e. The molecule has 0 aliphatic heterocycles. The molecule has 1 atom stereocenters. The van der Waals surface area contributed by atoms with E-state index in [0.29, 0.717) is 99.4 Å².